The quantitative estimate of drug-likeness (QED) is 0.0482. The van der Waals surface area contributed by atoms with Gasteiger partial charge in [-0.05, 0) is 61.0 Å². The fourth-order valence-corrected chi connectivity index (χ4v) is 6.71. The molecule has 14 heteroatoms. The zero-order chi connectivity index (χ0) is 36.2. The Labute approximate surface area is 290 Å². The maximum absolute atomic E-state index is 14.0. The summed E-state index contributed by atoms with van der Waals surface area (Å²) < 4.78 is 17.9. The lowest BCUT2D eigenvalue weighted by Gasteiger charge is -2.41. The van der Waals surface area contributed by atoms with Crippen LogP contribution in [-0.4, -0.2) is 67.1 Å². The Hall–Kier alpha value is -2.75. The van der Waals surface area contributed by atoms with Crippen LogP contribution in [0.25, 0.3) is 0 Å². The van der Waals surface area contributed by atoms with Gasteiger partial charge in [-0.25, -0.2) is 14.8 Å². The Morgan fingerprint density at radius 2 is 1.75 bits per heavy atom. The molecule has 0 radical (unpaired) electrons. The molecular weight excluding hydrogens is 653 g/mol. The van der Waals surface area contributed by atoms with Crippen LogP contribution in [0.5, 0.6) is 0 Å². The molecule has 1 aromatic heterocycles. The SMILES string of the molecule is CCOC(=O)c1csc([C@@H](C[C@H](C(C)C)N(OCCCOCc2ccc([N+](=O)[O-])cc2)C(=O)[C@@H](N)[C@@H](C)CC)O[Si](C)(C)C(C)(C)C)n1. The summed E-state index contributed by atoms with van der Waals surface area (Å²) >= 11 is 1.35. The van der Waals surface area contributed by atoms with Gasteiger partial charge < -0.3 is 19.6 Å². The molecule has 2 aromatic rings. The molecule has 0 aliphatic heterocycles. The summed E-state index contributed by atoms with van der Waals surface area (Å²) in [4.78, 5) is 47.9. The van der Waals surface area contributed by atoms with Crippen molar-refractivity contribution >= 4 is 37.2 Å². The van der Waals surface area contributed by atoms with Crippen LogP contribution in [0.1, 0.15) is 102 Å². The van der Waals surface area contributed by atoms with Crippen molar-refractivity contribution < 1.29 is 33.2 Å². The summed E-state index contributed by atoms with van der Waals surface area (Å²) in [5.41, 5.74) is 7.58. The number of carbonyl (C=O) groups is 2. The fraction of sp³-hybridized carbons (Fsp3) is 0.676. The van der Waals surface area contributed by atoms with Gasteiger partial charge in [-0.3, -0.25) is 19.7 Å². The predicted octanol–water partition coefficient (Wildman–Crippen LogP) is 7.45. The van der Waals surface area contributed by atoms with Gasteiger partial charge in [0.1, 0.15) is 5.01 Å². The van der Waals surface area contributed by atoms with Crippen LogP contribution >= 0.6 is 11.3 Å². The van der Waals surface area contributed by atoms with Crippen molar-refractivity contribution in [1.82, 2.24) is 10.0 Å². The highest BCUT2D eigenvalue weighted by Crippen LogP contribution is 2.42. The molecule has 1 amide bonds. The summed E-state index contributed by atoms with van der Waals surface area (Å²) in [6.45, 7) is 21.7. The van der Waals surface area contributed by atoms with Gasteiger partial charge in [0.2, 0.25) is 0 Å². The Morgan fingerprint density at radius 1 is 1.10 bits per heavy atom. The zero-order valence-corrected chi connectivity index (χ0v) is 32.1. The lowest BCUT2D eigenvalue weighted by Crippen LogP contribution is -2.53. The van der Waals surface area contributed by atoms with Crippen molar-refractivity contribution in [3.05, 3.63) is 56.0 Å². The first kappa shape index (κ1) is 41.4. The maximum atomic E-state index is 14.0. The van der Waals surface area contributed by atoms with Crippen molar-refractivity contribution in [3.63, 3.8) is 0 Å². The van der Waals surface area contributed by atoms with Crippen LogP contribution in [0, 0.1) is 22.0 Å². The lowest BCUT2D eigenvalue weighted by atomic mass is 9.94. The van der Waals surface area contributed by atoms with E-state index in [1.165, 1.54) is 28.5 Å². The first-order valence-corrected chi connectivity index (χ1v) is 20.5. The molecule has 12 nitrogen and oxygen atoms in total. The molecule has 0 unspecified atom stereocenters. The van der Waals surface area contributed by atoms with Gasteiger partial charge in [-0.1, -0.05) is 54.9 Å². The van der Waals surface area contributed by atoms with Crippen LogP contribution < -0.4 is 5.73 Å². The van der Waals surface area contributed by atoms with E-state index in [9.17, 15) is 19.7 Å². The number of ether oxygens (including phenoxy) is 2. The standard InChI is InChI=1S/C34H56N4O8SSi/c1-11-24(5)30(35)32(39)37(45-19-13-18-43-21-25-14-16-26(17-15-25)38(41)42)28(23(3)4)20-29(46-48(9,10)34(6,7)8)31-36-27(22-47-31)33(40)44-12-2/h14-17,22-24,28-30H,11-13,18-21,35H2,1-10H3/t24-,28+,29+,30-/m0/s1. The van der Waals surface area contributed by atoms with E-state index in [-0.39, 0.29) is 47.4 Å². The van der Waals surface area contributed by atoms with E-state index in [0.717, 1.165) is 12.0 Å². The minimum atomic E-state index is -2.34. The number of nitro benzene ring substituents is 1. The molecule has 0 saturated heterocycles. The number of hydroxylamine groups is 2. The number of aromatic nitrogens is 1. The molecule has 0 fully saturated rings. The van der Waals surface area contributed by atoms with Crippen molar-refractivity contribution in [3.8, 4) is 0 Å². The molecule has 4 atom stereocenters. The number of nitro groups is 1. The Bertz CT molecular complexity index is 1310. The number of carbonyl (C=O) groups excluding carboxylic acids is 2. The smallest absolute Gasteiger partial charge is 0.357 e. The first-order valence-electron chi connectivity index (χ1n) is 16.8. The molecule has 48 heavy (non-hydrogen) atoms. The molecule has 0 bridgehead atoms. The minimum absolute atomic E-state index is 0.0264. The largest absolute Gasteiger partial charge is 0.461 e. The zero-order valence-electron chi connectivity index (χ0n) is 30.3. The molecule has 1 aromatic carbocycles. The van der Waals surface area contributed by atoms with E-state index in [1.807, 2.05) is 27.7 Å². The second-order valence-electron chi connectivity index (χ2n) is 13.9. The van der Waals surface area contributed by atoms with Crippen molar-refractivity contribution in [2.45, 2.75) is 118 Å². The van der Waals surface area contributed by atoms with Crippen LogP contribution in [0.3, 0.4) is 0 Å². The summed E-state index contributed by atoms with van der Waals surface area (Å²) in [6.07, 6.45) is 1.11. The molecule has 0 saturated carbocycles. The Morgan fingerprint density at radius 3 is 2.29 bits per heavy atom. The summed E-state index contributed by atoms with van der Waals surface area (Å²) in [5, 5.41) is 14.6. The van der Waals surface area contributed by atoms with Crippen LogP contribution in [0.4, 0.5) is 5.69 Å². The number of hydrogen-bond acceptors (Lipinski definition) is 11. The fourth-order valence-electron chi connectivity index (χ4n) is 4.52. The average Bonchev–Trinajstić information content (AvgIpc) is 3.52. The highest BCUT2D eigenvalue weighted by Gasteiger charge is 2.42. The van der Waals surface area contributed by atoms with E-state index in [4.69, 9.17) is 24.5 Å². The molecule has 1 heterocycles. The molecule has 2 N–H and O–H groups in total. The molecule has 0 aliphatic rings. The number of benzene rings is 1. The maximum Gasteiger partial charge on any atom is 0.357 e. The van der Waals surface area contributed by atoms with Crippen LogP contribution in [0.2, 0.25) is 18.1 Å². The van der Waals surface area contributed by atoms with Crippen molar-refractivity contribution in [1.29, 1.82) is 0 Å². The summed E-state index contributed by atoms with van der Waals surface area (Å²) in [6, 6.07) is 5.05. The van der Waals surface area contributed by atoms with Gasteiger partial charge in [0.15, 0.2) is 14.0 Å². The van der Waals surface area contributed by atoms with Gasteiger partial charge in [-0.15, -0.1) is 11.3 Å². The second-order valence-corrected chi connectivity index (χ2v) is 19.6. The van der Waals surface area contributed by atoms with Gasteiger partial charge >= 0.3 is 5.97 Å². The average molecular weight is 709 g/mol. The first-order chi connectivity index (χ1) is 22.4. The number of nitrogens with two attached hydrogens (primary N) is 1. The molecule has 270 valence electrons. The van der Waals surface area contributed by atoms with Crippen LogP contribution in [-0.2, 0) is 30.1 Å². The molecular formula is C34H56N4O8SSi. The lowest BCUT2D eigenvalue weighted by molar-refractivity contribution is -0.384. The molecule has 2 rings (SSSR count). The topological polar surface area (TPSA) is 156 Å². The van der Waals surface area contributed by atoms with Gasteiger partial charge in [0.25, 0.3) is 11.6 Å². The third-order valence-corrected chi connectivity index (χ3v) is 14.3. The number of esters is 1. The third-order valence-electron chi connectivity index (χ3n) is 8.89. The minimum Gasteiger partial charge on any atom is -0.461 e. The van der Waals surface area contributed by atoms with Crippen LogP contribution in [0.15, 0.2) is 29.6 Å². The number of nitrogens with zero attached hydrogens (tertiary/aromatic N) is 3. The number of amides is 1. The van der Waals surface area contributed by atoms with E-state index in [2.05, 4.69) is 38.8 Å². The van der Waals surface area contributed by atoms with Crippen molar-refractivity contribution in [2.24, 2.45) is 17.6 Å². The number of non-ortho nitro benzene ring substituents is 1. The Kier molecular flexibility index (Phi) is 16.3. The monoisotopic (exact) mass is 708 g/mol. The van der Waals surface area contributed by atoms with E-state index >= 15 is 0 Å². The second kappa shape index (κ2) is 18.9. The highest BCUT2D eigenvalue weighted by atomic mass is 32.1. The summed E-state index contributed by atoms with van der Waals surface area (Å²) in [5.74, 6) is -0.882. The number of thiazole rings is 1. The predicted molar refractivity (Wildman–Crippen MR) is 190 cm³/mol. The van der Waals surface area contributed by atoms with Gasteiger partial charge in [0.05, 0.1) is 42.9 Å². The number of rotatable bonds is 20. The number of hydrogen-bond donors (Lipinski definition) is 1. The van der Waals surface area contributed by atoms with Gasteiger partial charge in [0, 0.05) is 30.5 Å². The van der Waals surface area contributed by atoms with Crippen molar-refractivity contribution in [2.75, 3.05) is 19.8 Å². The highest BCUT2D eigenvalue weighted by molar-refractivity contribution is 7.09. The van der Waals surface area contributed by atoms with E-state index in [1.54, 1.807) is 24.4 Å². The van der Waals surface area contributed by atoms with E-state index in [0.29, 0.717) is 31.1 Å². The van der Waals surface area contributed by atoms with Gasteiger partial charge in [-0.2, -0.15) is 0 Å². The summed E-state index contributed by atoms with van der Waals surface area (Å²) in [7, 11) is -2.34. The third kappa shape index (κ3) is 12.0. The molecule has 0 aliphatic carbocycles. The molecule has 0 spiro atoms. The Balaban J connectivity index is 2.31. The van der Waals surface area contributed by atoms with E-state index < -0.39 is 37.4 Å². The normalized spacial score (nSPS) is 14.8.